The fourth-order valence-electron chi connectivity index (χ4n) is 1.45. The smallest absolute Gasteiger partial charge is 0.209 e. The highest BCUT2D eigenvalue weighted by Crippen LogP contribution is 2.28. The molecule has 0 saturated carbocycles. The molecule has 92 valence electrons. The monoisotopic (exact) mass is 249 g/mol. The molecule has 7 heteroatoms. The summed E-state index contributed by atoms with van der Waals surface area (Å²) < 4.78 is 56.5. The molecule has 1 aliphatic rings. The van der Waals surface area contributed by atoms with E-state index in [1.165, 1.54) is 4.90 Å². The van der Waals surface area contributed by atoms with Gasteiger partial charge in [-0.25, -0.2) is 13.2 Å². The van der Waals surface area contributed by atoms with Gasteiger partial charge in [-0.15, -0.1) is 0 Å². The molecule has 1 aromatic carbocycles. The third kappa shape index (κ3) is 2.04. The first-order valence-electron chi connectivity index (χ1n) is 4.72. The summed E-state index contributed by atoms with van der Waals surface area (Å²) in [4.78, 5) is 11.5. The lowest BCUT2D eigenvalue weighted by atomic mass is 10.2. The molecule has 0 spiro atoms. The molecule has 3 nitrogen and oxygen atoms in total. The molecule has 0 bridgehead atoms. The standard InChI is InChI=1S/C10H7F4NO2/c11-6-1-7(12)10(9(14)8(6)13)17-5-2-15(3-5)4-16/h1,4-5H,2-3H2. The van der Waals surface area contributed by atoms with Gasteiger partial charge in [-0.3, -0.25) is 4.79 Å². The Morgan fingerprint density at radius 2 is 1.82 bits per heavy atom. The van der Waals surface area contributed by atoms with Crippen molar-refractivity contribution in [2.75, 3.05) is 13.1 Å². The van der Waals surface area contributed by atoms with Crippen LogP contribution >= 0.6 is 0 Å². The van der Waals surface area contributed by atoms with Crippen LogP contribution in [0.5, 0.6) is 5.75 Å². The maximum atomic E-state index is 13.2. The number of benzene rings is 1. The number of halogens is 4. The molecule has 1 amide bonds. The second-order valence-electron chi connectivity index (χ2n) is 3.60. The van der Waals surface area contributed by atoms with E-state index < -0.39 is 35.1 Å². The number of carbonyl (C=O) groups excluding carboxylic acids is 1. The molecule has 1 aliphatic heterocycles. The van der Waals surface area contributed by atoms with E-state index in [2.05, 4.69) is 0 Å². The molecule has 0 aliphatic carbocycles. The van der Waals surface area contributed by atoms with Gasteiger partial charge in [-0.2, -0.15) is 4.39 Å². The lowest BCUT2D eigenvalue weighted by molar-refractivity contribution is -0.126. The Hall–Kier alpha value is -1.79. The molecular formula is C10H7F4NO2. The quantitative estimate of drug-likeness (QED) is 0.351. The van der Waals surface area contributed by atoms with Gasteiger partial charge in [0.25, 0.3) is 0 Å². The Morgan fingerprint density at radius 1 is 1.18 bits per heavy atom. The van der Waals surface area contributed by atoms with Crippen molar-refractivity contribution < 1.29 is 27.1 Å². The highest BCUT2D eigenvalue weighted by molar-refractivity contribution is 5.49. The predicted molar refractivity (Wildman–Crippen MR) is 48.3 cm³/mol. The minimum absolute atomic E-state index is 0.154. The Balaban J connectivity index is 2.16. The number of ether oxygens (including phenoxy) is 1. The predicted octanol–water partition coefficient (Wildman–Crippen LogP) is 1.46. The topological polar surface area (TPSA) is 29.5 Å². The number of carbonyl (C=O) groups is 1. The molecular weight excluding hydrogens is 242 g/mol. The first-order chi connectivity index (χ1) is 8.02. The minimum Gasteiger partial charge on any atom is -0.481 e. The molecule has 2 rings (SSSR count). The number of hydrogen-bond donors (Lipinski definition) is 0. The number of hydrogen-bond acceptors (Lipinski definition) is 2. The van der Waals surface area contributed by atoms with Crippen molar-refractivity contribution >= 4 is 6.41 Å². The van der Waals surface area contributed by atoms with Gasteiger partial charge in [-0.05, 0) is 0 Å². The van der Waals surface area contributed by atoms with E-state index in [1.807, 2.05) is 0 Å². The van der Waals surface area contributed by atoms with Crippen molar-refractivity contribution in [1.29, 1.82) is 0 Å². The van der Waals surface area contributed by atoms with Crippen LogP contribution in [0.1, 0.15) is 0 Å². The maximum Gasteiger partial charge on any atom is 0.209 e. The van der Waals surface area contributed by atoms with Gasteiger partial charge in [-0.1, -0.05) is 0 Å². The maximum absolute atomic E-state index is 13.2. The Labute approximate surface area is 93.6 Å². The summed E-state index contributed by atoms with van der Waals surface area (Å²) in [5.74, 6) is -7.37. The van der Waals surface area contributed by atoms with Crippen LogP contribution in [0.15, 0.2) is 6.07 Å². The first-order valence-corrected chi connectivity index (χ1v) is 4.72. The van der Waals surface area contributed by atoms with E-state index in [0.29, 0.717) is 6.41 Å². The van der Waals surface area contributed by atoms with E-state index in [9.17, 15) is 22.4 Å². The molecule has 1 fully saturated rings. The van der Waals surface area contributed by atoms with E-state index in [-0.39, 0.29) is 19.2 Å². The van der Waals surface area contributed by atoms with Crippen LogP contribution in [-0.2, 0) is 4.79 Å². The second kappa shape index (κ2) is 4.23. The zero-order chi connectivity index (χ0) is 12.6. The zero-order valence-electron chi connectivity index (χ0n) is 8.42. The van der Waals surface area contributed by atoms with Crippen molar-refractivity contribution in [3.63, 3.8) is 0 Å². The van der Waals surface area contributed by atoms with Crippen LogP contribution in [0.4, 0.5) is 17.6 Å². The third-order valence-electron chi connectivity index (χ3n) is 2.38. The molecule has 1 aromatic rings. The molecule has 17 heavy (non-hydrogen) atoms. The highest BCUT2D eigenvalue weighted by atomic mass is 19.2. The third-order valence-corrected chi connectivity index (χ3v) is 2.38. The number of rotatable bonds is 3. The number of amides is 1. The molecule has 0 aromatic heterocycles. The summed E-state index contributed by atoms with van der Waals surface area (Å²) in [6.07, 6.45) is -0.0632. The molecule has 0 radical (unpaired) electrons. The summed E-state index contributed by atoms with van der Waals surface area (Å²) in [5, 5.41) is 0. The van der Waals surface area contributed by atoms with Gasteiger partial charge >= 0.3 is 0 Å². The Morgan fingerprint density at radius 3 is 2.41 bits per heavy atom. The van der Waals surface area contributed by atoms with Crippen molar-refractivity contribution in [2.24, 2.45) is 0 Å². The van der Waals surface area contributed by atoms with Crippen LogP contribution in [0.25, 0.3) is 0 Å². The number of nitrogens with zero attached hydrogens (tertiary/aromatic N) is 1. The van der Waals surface area contributed by atoms with Gasteiger partial charge in [0, 0.05) is 6.07 Å². The molecule has 1 heterocycles. The highest BCUT2D eigenvalue weighted by Gasteiger charge is 2.30. The fourth-order valence-corrected chi connectivity index (χ4v) is 1.45. The summed E-state index contributed by atoms with van der Waals surface area (Å²) in [6.45, 7) is 0.308. The van der Waals surface area contributed by atoms with Gasteiger partial charge in [0.05, 0.1) is 13.1 Å². The average Bonchev–Trinajstić information content (AvgIpc) is 2.23. The van der Waals surface area contributed by atoms with Crippen molar-refractivity contribution in [3.8, 4) is 5.75 Å². The van der Waals surface area contributed by atoms with Gasteiger partial charge < -0.3 is 9.64 Å². The van der Waals surface area contributed by atoms with E-state index in [0.717, 1.165) is 0 Å². The van der Waals surface area contributed by atoms with Crippen molar-refractivity contribution in [2.45, 2.75) is 6.10 Å². The first kappa shape index (κ1) is 11.7. The van der Waals surface area contributed by atoms with Crippen LogP contribution in [0.3, 0.4) is 0 Å². The van der Waals surface area contributed by atoms with Crippen molar-refractivity contribution in [1.82, 2.24) is 4.90 Å². The van der Waals surface area contributed by atoms with E-state index in [1.54, 1.807) is 0 Å². The van der Waals surface area contributed by atoms with Crippen LogP contribution in [0, 0.1) is 23.3 Å². The summed E-state index contributed by atoms with van der Waals surface area (Å²) in [5.41, 5.74) is 0. The molecule has 0 N–H and O–H groups in total. The van der Waals surface area contributed by atoms with Crippen molar-refractivity contribution in [3.05, 3.63) is 29.3 Å². The summed E-state index contributed by atoms with van der Waals surface area (Å²) in [7, 11) is 0. The number of likely N-dealkylation sites (tertiary alicyclic amines) is 1. The van der Waals surface area contributed by atoms with Gasteiger partial charge in [0.2, 0.25) is 12.2 Å². The molecule has 1 saturated heterocycles. The largest absolute Gasteiger partial charge is 0.481 e. The van der Waals surface area contributed by atoms with E-state index >= 15 is 0 Å². The van der Waals surface area contributed by atoms with Crippen LogP contribution in [-0.4, -0.2) is 30.5 Å². The van der Waals surface area contributed by atoms with Gasteiger partial charge in [0.1, 0.15) is 6.10 Å². The summed E-state index contributed by atoms with van der Waals surface area (Å²) >= 11 is 0. The lowest BCUT2D eigenvalue weighted by Crippen LogP contribution is -2.53. The van der Waals surface area contributed by atoms with E-state index in [4.69, 9.17) is 4.74 Å². The Bertz CT molecular complexity index is 460. The Kier molecular flexibility index (Phi) is 2.91. The lowest BCUT2D eigenvalue weighted by Gasteiger charge is -2.36. The van der Waals surface area contributed by atoms with Crippen LogP contribution in [0.2, 0.25) is 0 Å². The second-order valence-corrected chi connectivity index (χ2v) is 3.60. The zero-order valence-corrected chi connectivity index (χ0v) is 8.42. The minimum atomic E-state index is -1.78. The SMILES string of the molecule is O=CN1CC(Oc2c(F)cc(F)c(F)c2F)C1. The van der Waals surface area contributed by atoms with Gasteiger partial charge in [0.15, 0.2) is 23.2 Å². The molecule has 0 atom stereocenters. The molecule has 0 unspecified atom stereocenters. The average molecular weight is 249 g/mol. The summed E-state index contributed by atoms with van der Waals surface area (Å²) in [6, 6.07) is 0.212. The van der Waals surface area contributed by atoms with Crippen LogP contribution < -0.4 is 4.74 Å². The normalized spacial score (nSPS) is 15.6. The fraction of sp³-hybridized carbons (Fsp3) is 0.300.